The fourth-order valence-electron chi connectivity index (χ4n) is 5.05. The Balaban J connectivity index is 0.00000385. The summed E-state index contributed by atoms with van der Waals surface area (Å²) >= 11 is 0. The molecule has 0 unspecified atom stereocenters. The van der Waals surface area contributed by atoms with Gasteiger partial charge >= 0.3 is 0 Å². The molecule has 33 heavy (non-hydrogen) atoms. The smallest absolute Gasteiger partial charge is 0.258 e. The summed E-state index contributed by atoms with van der Waals surface area (Å²) in [6.07, 6.45) is 6.91. The number of hydrogen-bond acceptors (Lipinski definition) is 5. The first kappa shape index (κ1) is 27.8. The van der Waals surface area contributed by atoms with E-state index < -0.39 is 21.7 Å². The monoisotopic (exact) mass is 505 g/mol. The zero-order chi connectivity index (χ0) is 23.2. The fraction of sp³-hybridized carbons (Fsp3) is 0.696. The van der Waals surface area contributed by atoms with Gasteiger partial charge in [0.15, 0.2) is 0 Å². The molecule has 10 heteroatoms. The molecule has 0 radical (unpaired) electrons. The molecule has 1 saturated heterocycles. The summed E-state index contributed by atoms with van der Waals surface area (Å²) < 4.78 is 46.1. The Labute approximate surface area is 203 Å². The maximum atomic E-state index is 14.4. The predicted molar refractivity (Wildman–Crippen MR) is 130 cm³/mol. The molecule has 1 heterocycles. The van der Waals surface area contributed by atoms with Crippen molar-refractivity contribution in [3.05, 3.63) is 29.6 Å². The van der Waals surface area contributed by atoms with Crippen LogP contribution in [0.2, 0.25) is 0 Å². The number of ether oxygens (including phenoxy) is 1. The third-order valence-electron chi connectivity index (χ3n) is 6.80. The van der Waals surface area contributed by atoms with Gasteiger partial charge in [-0.1, -0.05) is 38.7 Å². The molecule has 0 aromatic heterocycles. The Hall–Kier alpha value is -1.42. The van der Waals surface area contributed by atoms with Gasteiger partial charge in [-0.2, -0.15) is 4.31 Å². The van der Waals surface area contributed by atoms with Crippen molar-refractivity contribution in [2.75, 3.05) is 45.6 Å². The van der Waals surface area contributed by atoms with Gasteiger partial charge in [-0.15, -0.1) is 12.4 Å². The van der Waals surface area contributed by atoms with Gasteiger partial charge in [0.25, 0.3) is 5.91 Å². The Bertz CT molecular complexity index is 884. The number of carbonyl (C=O) groups is 1. The summed E-state index contributed by atoms with van der Waals surface area (Å²) in [6.45, 7) is 4.51. The second-order valence-corrected chi connectivity index (χ2v) is 10.9. The number of nitrogens with one attached hydrogen (secondary N) is 1. The molecule has 1 N–H and O–H groups in total. The maximum Gasteiger partial charge on any atom is 0.258 e. The molecule has 188 valence electrons. The minimum absolute atomic E-state index is 0. The van der Waals surface area contributed by atoms with Crippen LogP contribution in [0, 0.1) is 5.82 Å². The van der Waals surface area contributed by atoms with Gasteiger partial charge in [-0.25, -0.2) is 12.8 Å². The summed E-state index contributed by atoms with van der Waals surface area (Å²) in [6, 6.07) is 4.36. The van der Waals surface area contributed by atoms with Crippen molar-refractivity contribution in [2.45, 2.75) is 57.4 Å². The molecule has 1 aromatic carbocycles. The third-order valence-corrected chi connectivity index (χ3v) is 8.88. The molecule has 0 atom stereocenters. The van der Waals surface area contributed by atoms with E-state index in [-0.39, 0.29) is 35.0 Å². The van der Waals surface area contributed by atoms with Crippen molar-refractivity contribution in [1.82, 2.24) is 14.5 Å². The topological polar surface area (TPSA) is 79.0 Å². The van der Waals surface area contributed by atoms with Crippen molar-refractivity contribution < 1.29 is 22.3 Å². The molecule has 1 aromatic rings. The van der Waals surface area contributed by atoms with E-state index in [9.17, 15) is 17.6 Å². The first-order chi connectivity index (χ1) is 15.3. The Kier molecular flexibility index (Phi) is 10.4. The average Bonchev–Trinajstić information content (AvgIpc) is 3.04. The highest BCUT2D eigenvalue weighted by molar-refractivity contribution is 7.89. The number of sulfonamides is 1. The molecule has 1 aliphatic carbocycles. The molecule has 0 spiro atoms. The molecule has 2 fully saturated rings. The Morgan fingerprint density at radius 1 is 1.12 bits per heavy atom. The second kappa shape index (κ2) is 12.3. The average molecular weight is 506 g/mol. The van der Waals surface area contributed by atoms with Gasteiger partial charge < -0.3 is 10.1 Å². The number of methoxy groups -OCH3 is 1. The van der Waals surface area contributed by atoms with Crippen LogP contribution in [-0.4, -0.2) is 74.7 Å². The van der Waals surface area contributed by atoms with Crippen LogP contribution in [0.5, 0.6) is 5.75 Å². The number of rotatable bonds is 8. The first-order valence-corrected chi connectivity index (χ1v) is 13.3. The van der Waals surface area contributed by atoms with Gasteiger partial charge in [-0.05, 0) is 31.4 Å². The van der Waals surface area contributed by atoms with E-state index in [4.69, 9.17) is 4.74 Å². The van der Waals surface area contributed by atoms with Crippen molar-refractivity contribution in [3.8, 4) is 5.75 Å². The predicted octanol–water partition coefficient (Wildman–Crippen LogP) is 3.44. The van der Waals surface area contributed by atoms with E-state index in [2.05, 4.69) is 10.2 Å². The highest BCUT2D eigenvalue weighted by Gasteiger charge is 2.40. The van der Waals surface area contributed by atoms with Gasteiger partial charge in [0, 0.05) is 38.3 Å². The highest BCUT2D eigenvalue weighted by Crippen LogP contribution is 2.34. The minimum Gasteiger partial charge on any atom is -0.496 e. The first-order valence-electron chi connectivity index (χ1n) is 11.7. The van der Waals surface area contributed by atoms with E-state index in [0.29, 0.717) is 39.1 Å². The van der Waals surface area contributed by atoms with E-state index in [0.717, 1.165) is 38.5 Å². The molecule has 2 aliphatic rings. The lowest BCUT2D eigenvalue weighted by atomic mass is 9.87. The van der Waals surface area contributed by atoms with Gasteiger partial charge in [-0.3, -0.25) is 9.69 Å². The number of amides is 1. The highest BCUT2D eigenvalue weighted by atomic mass is 35.5. The molecule has 0 bridgehead atoms. The van der Waals surface area contributed by atoms with Crippen LogP contribution in [0.25, 0.3) is 0 Å². The van der Waals surface area contributed by atoms with Crippen LogP contribution in [0.15, 0.2) is 18.2 Å². The van der Waals surface area contributed by atoms with Gasteiger partial charge in [0.1, 0.15) is 17.1 Å². The van der Waals surface area contributed by atoms with Gasteiger partial charge in [0.2, 0.25) is 10.0 Å². The summed E-state index contributed by atoms with van der Waals surface area (Å²) in [5.41, 5.74) is -0.320. The number of piperazine rings is 1. The zero-order valence-corrected chi connectivity index (χ0v) is 21.3. The van der Waals surface area contributed by atoms with Crippen molar-refractivity contribution in [1.29, 1.82) is 0 Å². The molecular formula is C23H37ClFN3O4S. The van der Waals surface area contributed by atoms with E-state index in [1.807, 2.05) is 6.92 Å². The van der Waals surface area contributed by atoms with E-state index in [1.165, 1.54) is 19.2 Å². The molecule has 1 aliphatic heterocycles. The van der Waals surface area contributed by atoms with Crippen LogP contribution in [0.3, 0.4) is 0 Å². The lowest BCUT2D eigenvalue weighted by Gasteiger charge is -2.47. The Morgan fingerprint density at radius 3 is 2.33 bits per heavy atom. The zero-order valence-electron chi connectivity index (χ0n) is 19.6. The molecule has 7 nitrogen and oxygen atoms in total. The fourth-order valence-corrected chi connectivity index (χ4v) is 6.54. The lowest BCUT2D eigenvalue weighted by Crippen LogP contribution is -2.61. The summed E-state index contributed by atoms with van der Waals surface area (Å²) in [5, 5.41) is 2.98. The second-order valence-electron chi connectivity index (χ2n) is 8.84. The standard InChI is InChI=1S/C23H36FN3O4S.ClH/c1-3-17-32(29,30)27-15-13-26(14-16-27)23(11-6-4-5-7-12-23)18-25-22(28)21-19(24)9-8-10-20(21)31-2;/h8-10H,3-7,11-18H2,1-2H3,(H,25,28);1H. The normalized spacial score (nSPS) is 19.8. The molecule has 1 amide bonds. The van der Waals surface area contributed by atoms with Crippen LogP contribution < -0.4 is 10.1 Å². The van der Waals surface area contributed by atoms with Crippen LogP contribution in [-0.2, 0) is 10.0 Å². The third kappa shape index (κ3) is 6.59. The summed E-state index contributed by atoms with van der Waals surface area (Å²) in [5.74, 6) is -0.690. The number of carbonyl (C=O) groups excluding carboxylic acids is 1. The van der Waals surface area contributed by atoms with Crippen molar-refractivity contribution in [2.24, 2.45) is 0 Å². The maximum absolute atomic E-state index is 14.4. The summed E-state index contributed by atoms with van der Waals surface area (Å²) in [7, 11) is -1.79. The Morgan fingerprint density at radius 2 is 1.76 bits per heavy atom. The largest absolute Gasteiger partial charge is 0.496 e. The minimum atomic E-state index is -3.21. The SMILES string of the molecule is CCCS(=O)(=O)N1CCN(C2(CNC(=O)c3c(F)cccc3OC)CCCCCC2)CC1.Cl. The molecule has 1 saturated carbocycles. The summed E-state index contributed by atoms with van der Waals surface area (Å²) in [4.78, 5) is 15.3. The number of halogens is 2. The van der Waals surface area contributed by atoms with E-state index >= 15 is 0 Å². The van der Waals surface area contributed by atoms with Crippen molar-refractivity contribution in [3.63, 3.8) is 0 Å². The van der Waals surface area contributed by atoms with Gasteiger partial charge in [0.05, 0.1) is 12.9 Å². The quantitative estimate of drug-likeness (QED) is 0.547. The van der Waals surface area contributed by atoms with Crippen LogP contribution in [0.1, 0.15) is 62.2 Å². The number of nitrogens with zero attached hydrogens (tertiary/aromatic N) is 2. The molecule has 3 rings (SSSR count). The number of benzene rings is 1. The van der Waals surface area contributed by atoms with Crippen LogP contribution >= 0.6 is 12.4 Å². The molecular weight excluding hydrogens is 469 g/mol. The van der Waals surface area contributed by atoms with E-state index in [1.54, 1.807) is 10.4 Å². The van der Waals surface area contributed by atoms with Crippen LogP contribution in [0.4, 0.5) is 4.39 Å². The lowest BCUT2D eigenvalue weighted by molar-refractivity contribution is 0.0390. The number of hydrogen-bond donors (Lipinski definition) is 1. The van der Waals surface area contributed by atoms with Crippen molar-refractivity contribution >= 4 is 28.3 Å².